The summed E-state index contributed by atoms with van der Waals surface area (Å²) in [6, 6.07) is 21.6. The molecule has 2 heterocycles. The van der Waals surface area contributed by atoms with E-state index in [2.05, 4.69) is 29.2 Å². The van der Waals surface area contributed by atoms with E-state index in [1.54, 1.807) is 29.1 Å². The van der Waals surface area contributed by atoms with E-state index < -0.39 is 0 Å². The first-order chi connectivity index (χ1) is 16.1. The molecule has 0 aliphatic carbocycles. The Balaban J connectivity index is 1.51. The molecule has 0 aliphatic heterocycles. The van der Waals surface area contributed by atoms with Crippen LogP contribution in [0.1, 0.15) is 29.3 Å². The van der Waals surface area contributed by atoms with Gasteiger partial charge in [0.05, 0.1) is 30.4 Å². The summed E-state index contributed by atoms with van der Waals surface area (Å²) >= 11 is 1.47. The summed E-state index contributed by atoms with van der Waals surface area (Å²) in [6.45, 7) is 2.67. The predicted octanol–water partition coefficient (Wildman–Crippen LogP) is 5.89. The third-order valence-electron chi connectivity index (χ3n) is 5.57. The average molecular weight is 455 g/mol. The van der Waals surface area contributed by atoms with Crippen LogP contribution in [0.3, 0.4) is 0 Å². The Morgan fingerprint density at radius 2 is 1.88 bits per heavy atom. The summed E-state index contributed by atoms with van der Waals surface area (Å²) in [5.41, 5.74) is 3.12. The second-order valence-electron chi connectivity index (χ2n) is 7.91. The van der Waals surface area contributed by atoms with Gasteiger partial charge in [-0.1, -0.05) is 55.5 Å². The molecular weight excluding hydrogens is 432 g/mol. The van der Waals surface area contributed by atoms with E-state index in [9.17, 15) is 9.59 Å². The van der Waals surface area contributed by atoms with Crippen molar-refractivity contribution in [1.29, 1.82) is 0 Å². The van der Waals surface area contributed by atoms with Gasteiger partial charge in [0.2, 0.25) is 0 Å². The zero-order valence-electron chi connectivity index (χ0n) is 18.2. The van der Waals surface area contributed by atoms with Crippen molar-refractivity contribution in [3.63, 3.8) is 0 Å². The molecule has 5 rings (SSSR count). The Kier molecular flexibility index (Phi) is 5.75. The maximum absolute atomic E-state index is 13.4. The van der Waals surface area contributed by atoms with Crippen molar-refractivity contribution < 1.29 is 9.53 Å². The zero-order valence-corrected chi connectivity index (χ0v) is 19.0. The topological polar surface area (TPSA) is 61.2 Å². The molecular formula is C27H22N2O3S. The van der Waals surface area contributed by atoms with E-state index in [-0.39, 0.29) is 11.5 Å². The second kappa shape index (κ2) is 9.00. The molecule has 6 heteroatoms. The smallest absolute Gasteiger partial charge is 0.338 e. The van der Waals surface area contributed by atoms with Gasteiger partial charge in [-0.2, -0.15) is 0 Å². The molecule has 5 aromatic rings. The average Bonchev–Trinajstić information content (AvgIpc) is 3.29. The Morgan fingerprint density at radius 3 is 2.73 bits per heavy atom. The number of esters is 1. The van der Waals surface area contributed by atoms with Gasteiger partial charge in [-0.3, -0.25) is 9.36 Å². The quantitative estimate of drug-likeness (QED) is 0.300. The van der Waals surface area contributed by atoms with Crippen LogP contribution >= 0.6 is 11.3 Å². The highest BCUT2D eigenvalue weighted by molar-refractivity contribution is 7.17. The van der Waals surface area contributed by atoms with E-state index in [0.29, 0.717) is 24.1 Å². The largest absolute Gasteiger partial charge is 0.462 e. The van der Waals surface area contributed by atoms with Gasteiger partial charge >= 0.3 is 5.97 Å². The number of hydrogen-bond acceptors (Lipinski definition) is 5. The SMILES string of the molecule is CCCOC(=O)c1cccc(Cn2cnc3scc(-c4ccc5ccccc5c4)c3c2=O)c1. The molecule has 0 saturated heterocycles. The molecule has 0 radical (unpaired) electrons. The van der Waals surface area contributed by atoms with Crippen LogP contribution in [0.5, 0.6) is 0 Å². The van der Waals surface area contributed by atoms with Crippen molar-refractivity contribution in [3.8, 4) is 11.1 Å². The number of aromatic nitrogens is 2. The first-order valence-corrected chi connectivity index (χ1v) is 11.7. The van der Waals surface area contributed by atoms with Crippen LogP contribution < -0.4 is 5.56 Å². The predicted molar refractivity (Wildman–Crippen MR) is 133 cm³/mol. The molecule has 164 valence electrons. The Labute approximate surface area is 194 Å². The van der Waals surface area contributed by atoms with Gasteiger partial charge < -0.3 is 4.74 Å². The molecule has 2 aromatic heterocycles. The summed E-state index contributed by atoms with van der Waals surface area (Å²) in [5.74, 6) is -0.351. The van der Waals surface area contributed by atoms with Crippen LogP contribution in [0.4, 0.5) is 0 Å². The normalized spacial score (nSPS) is 11.2. The van der Waals surface area contributed by atoms with Crippen molar-refractivity contribution >= 4 is 38.3 Å². The highest BCUT2D eigenvalue weighted by Crippen LogP contribution is 2.32. The van der Waals surface area contributed by atoms with Crippen LogP contribution in [0.15, 0.2) is 83.2 Å². The minimum atomic E-state index is -0.351. The fourth-order valence-electron chi connectivity index (χ4n) is 3.92. The number of rotatable bonds is 6. The standard InChI is InChI=1S/C27H22N2O3S/c1-2-12-32-27(31)22-9-5-6-18(13-22)15-29-17-28-25-24(26(29)30)23(16-33-25)21-11-10-19-7-3-4-8-20(19)14-21/h3-11,13-14,16-17H,2,12,15H2,1H3. The van der Waals surface area contributed by atoms with Crippen LogP contribution in [0.2, 0.25) is 0 Å². The van der Waals surface area contributed by atoms with Gasteiger partial charge in [0, 0.05) is 10.9 Å². The molecule has 0 spiro atoms. The lowest BCUT2D eigenvalue weighted by molar-refractivity contribution is 0.0505. The number of hydrogen-bond donors (Lipinski definition) is 0. The van der Waals surface area contributed by atoms with E-state index in [1.807, 2.05) is 36.6 Å². The van der Waals surface area contributed by atoms with Gasteiger partial charge in [-0.25, -0.2) is 9.78 Å². The van der Waals surface area contributed by atoms with Crippen LogP contribution in [0.25, 0.3) is 32.1 Å². The summed E-state index contributed by atoms with van der Waals surface area (Å²) < 4.78 is 6.82. The van der Waals surface area contributed by atoms with Gasteiger partial charge in [0.15, 0.2) is 0 Å². The molecule has 0 amide bonds. The van der Waals surface area contributed by atoms with Crippen LogP contribution in [0, 0.1) is 0 Å². The Hall–Kier alpha value is -3.77. The van der Waals surface area contributed by atoms with Gasteiger partial charge in [0.1, 0.15) is 4.83 Å². The number of carbonyl (C=O) groups is 1. The van der Waals surface area contributed by atoms with E-state index in [4.69, 9.17) is 4.74 Å². The highest BCUT2D eigenvalue weighted by Gasteiger charge is 2.14. The van der Waals surface area contributed by atoms with Crippen LogP contribution in [-0.2, 0) is 11.3 Å². The van der Waals surface area contributed by atoms with Gasteiger partial charge in [-0.15, -0.1) is 11.3 Å². The lowest BCUT2D eigenvalue weighted by Gasteiger charge is -2.09. The number of carbonyl (C=O) groups excluding carboxylic acids is 1. The second-order valence-corrected chi connectivity index (χ2v) is 8.76. The summed E-state index contributed by atoms with van der Waals surface area (Å²) in [5, 5.41) is 4.91. The van der Waals surface area contributed by atoms with Gasteiger partial charge in [-0.05, 0) is 46.5 Å². The van der Waals surface area contributed by atoms with Crippen molar-refractivity contribution in [3.05, 3.63) is 99.9 Å². The fraction of sp³-hybridized carbons (Fsp3) is 0.148. The van der Waals surface area contributed by atoms with Crippen LogP contribution in [-0.4, -0.2) is 22.1 Å². The van der Waals surface area contributed by atoms with Crippen molar-refractivity contribution in [2.24, 2.45) is 0 Å². The minimum Gasteiger partial charge on any atom is -0.462 e. The minimum absolute atomic E-state index is 0.0941. The molecule has 33 heavy (non-hydrogen) atoms. The van der Waals surface area contributed by atoms with Crippen molar-refractivity contribution in [2.45, 2.75) is 19.9 Å². The lowest BCUT2D eigenvalue weighted by atomic mass is 10.0. The van der Waals surface area contributed by atoms with E-state index >= 15 is 0 Å². The molecule has 0 N–H and O–H groups in total. The highest BCUT2D eigenvalue weighted by atomic mass is 32.1. The first-order valence-electron chi connectivity index (χ1n) is 10.9. The molecule has 0 bridgehead atoms. The number of fused-ring (bicyclic) bond motifs is 2. The third kappa shape index (κ3) is 4.17. The monoisotopic (exact) mass is 454 g/mol. The number of nitrogens with zero attached hydrogens (tertiary/aromatic N) is 2. The van der Waals surface area contributed by atoms with Crippen molar-refractivity contribution in [2.75, 3.05) is 6.61 Å². The molecule has 0 aliphatic rings. The number of thiophene rings is 1. The molecule has 3 aromatic carbocycles. The summed E-state index contributed by atoms with van der Waals surface area (Å²) in [4.78, 5) is 30.9. The lowest BCUT2D eigenvalue weighted by Crippen LogP contribution is -2.21. The number of benzene rings is 3. The molecule has 0 atom stereocenters. The molecule has 0 unspecified atom stereocenters. The first kappa shape index (κ1) is 21.1. The summed E-state index contributed by atoms with van der Waals surface area (Å²) in [6.07, 6.45) is 2.35. The van der Waals surface area contributed by atoms with E-state index in [0.717, 1.165) is 38.7 Å². The third-order valence-corrected chi connectivity index (χ3v) is 6.46. The zero-order chi connectivity index (χ0) is 22.8. The Morgan fingerprint density at radius 1 is 1.03 bits per heavy atom. The summed E-state index contributed by atoms with van der Waals surface area (Å²) in [7, 11) is 0. The number of ether oxygens (including phenoxy) is 1. The molecule has 5 nitrogen and oxygen atoms in total. The maximum atomic E-state index is 13.4. The Bertz CT molecular complexity index is 1530. The molecule has 0 saturated carbocycles. The fourth-order valence-corrected chi connectivity index (χ4v) is 4.83. The maximum Gasteiger partial charge on any atom is 0.338 e. The van der Waals surface area contributed by atoms with E-state index in [1.165, 1.54) is 11.3 Å². The van der Waals surface area contributed by atoms with Crippen molar-refractivity contribution in [1.82, 2.24) is 9.55 Å². The van der Waals surface area contributed by atoms with Gasteiger partial charge in [0.25, 0.3) is 5.56 Å². The molecule has 0 fully saturated rings.